The molecule has 6 heteroatoms. The van der Waals surface area contributed by atoms with Crippen LogP contribution in [-0.4, -0.2) is 16.4 Å². The molecule has 0 spiro atoms. The minimum absolute atomic E-state index is 0.586. The van der Waals surface area contributed by atoms with E-state index in [-0.39, 0.29) is 0 Å². The van der Waals surface area contributed by atoms with Gasteiger partial charge in [-0.3, -0.25) is 0 Å². The van der Waals surface area contributed by atoms with E-state index in [4.69, 9.17) is 5.73 Å². The number of thiazole rings is 1. The first-order chi connectivity index (χ1) is 7.16. The van der Waals surface area contributed by atoms with E-state index < -0.39 is 0 Å². The second kappa shape index (κ2) is 4.16. The molecule has 2 rings (SSSR count). The molecule has 2 heterocycles. The van der Waals surface area contributed by atoms with Gasteiger partial charge in [0, 0.05) is 18.0 Å². The molecule has 0 fully saturated rings. The highest BCUT2D eigenvalue weighted by molar-refractivity contribution is 7.10. The second-order valence-corrected chi connectivity index (χ2v) is 5.03. The van der Waals surface area contributed by atoms with Gasteiger partial charge in [0.15, 0.2) is 0 Å². The number of hydrogen-bond donors (Lipinski definition) is 1. The first-order valence-electron chi connectivity index (χ1n) is 4.49. The predicted octanol–water partition coefficient (Wildman–Crippen LogP) is 2.13. The van der Waals surface area contributed by atoms with Crippen LogP contribution in [0, 0.1) is 6.92 Å². The Morgan fingerprint density at radius 2 is 2.33 bits per heavy atom. The first kappa shape index (κ1) is 10.4. The van der Waals surface area contributed by atoms with Crippen LogP contribution in [0.1, 0.15) is 10.6 Å². The number of aryl methyl sites for hydroxylation is 1. The quantitative estimate of drug-likeness (QED) is 0.893. The molecule has 0 bridgehead atoms. The van der Waals surface area contributed by atoms with Gasteiger partial charge in [-0.05, 0) is 18.5 Å². The molecule has 0 radical (unpaired) electrons. The topological polar surface area (TPSA) is 55.0 Å². The van der Waals surface area contributed by atoms with Crippen molar-refractivity contribution < 1.29 is 0 Å². The number of nitrogen functional groups attached to an aromatic ring is 1. The molecule has 80 valence electrons. The number of nitrogens with two attached hydrogens (primary N) is 1. The third kappa shape index (κ3) is 2.27. The Labute approximate surface area is 96.5 Å². The van der Waals surface area contributed by atoms with E-state index in [0.717, 1.165) is 17.2 Å². The summed E-state index contributed by atoms with van der Waals surface area (Å²) in [4.78, 5) is 7.64. The molecule has 15 heavy (non-hydrogen) atoms. The molecule has 0 atom stereocenters. The van der Waals surface area contributed by atoms with Crippen LogP contribution < -0.4 is 10.6 Å². The minimum atomic E-state index is 0.586. The smallest absolute Gasteiger partial charge is 0.139 e. The molecule has 0 saturated heterocycles. The third-order valence-corrected chi connectivity index (χ3v) is 3.96. The summed E-state index contributed by atoms with van der Waals surface area (Å²) in [5, 5.41) is 1.08. The van der Waals surface area contributed by atoms with E-state index in [1.165, 1.54) is 16.4 Å². The molecule has 0 aliphatic carbocycles. The van der Waals surface area contributed by atoms with Gasteiger partial charge < -0.3 is 10.6 Å². The van der Waals surface area contributed by atoms with Crippen LogP contribution in [0.3, 0.4) is 0 Å². The van der Waals surface area contributed by atoms with Gasteiger partial charge in [0.2, 0.25) is 0 Å². The van der Waals surface area contributed by atoms with E-state index in [0.29, 0.717) is 5.82 Å². The van der Waals surface area contributed by atoms with E-state index in [9.17, 15) is 0 Å². The molecule has 0 aliphatic heterocycles. The molecule has 0 unspecified atom stereocenters. The van der Waals surface area contributed by atoms with Gasteiger partial charge in [-0.1, -0.05) is 0 Å². The Bertz CT molecular complexity index is 448. The van der Waals surface area contributed by atoms with Gasteiger partial charge in [0.05, 0.1) is 17.7 Å². The van der Waals surface area contributed by atoms with Crippen molar-refractivity contribution in [2.75, 3.05) is 17.7 Å². The molecule has 0 amide bonds. The first-order valence-corrected chi connectivity index (χ1v) is 6.14. The molecular weight excluding hydrogens is 228 g/mol. The van der Waals surface area contributed by atoms with E-state index in [1.54, 1.807) is 11.3 Å². The lowest BCUT2D eigenvalue weighted by atomic mass is 10.4. The average Bonchev–Trinajstić information content (AvgIpc) is 2.77. The molecular formula is C9H12N4S2. The van der Waals surface area contributed by atoms with Gasteiger partial charge in [-0.2, -0.15) is 4.37 Å². The van der Waals surface area contributed by atoms with Crippen molar-refractivity contribution in [2.45, 2.75) is 13.5 Å². The van der Waals surface area contributed by atoms with Crippen molar-refractivity contribution in [2.24, 2.45) is 0 Å². The lowest BCUT2D eigenvalue weighted by Gasteiger charge is -2.15. The summed E-state index contributed by atoms with van der Waals surface area (Å²) >= 11 is 3.10. The van der Waals surface area contributed by atoms with Crippen LogP contribution >= 0.6 is 22.9 Å². The van der Waals surface area contributed by atoms with Crippen LogP contribution in [0.15, 0.2) is 11.6 Å². The van der Waals surface area contributed by atoms with Gasteiger partial charge in [0.25, 0.3) is 0 Å². The van der Waals surface area contributed by atoms with Crippen LogP contribution in [-0.2, 0) is 6.54 Å². The van der Waals surface area contributed by atoms with E-state index >= 15 is 0 Å². The fourth-order valence-corrected chi connectivity index (χ4v) is 2.69. The fourth-order valence-electron chi connectivity index (χ4n) is 1.23. The van der Waals surface area contributed by atoms with Crippen molar-refractivity contribution in [3.63, 3.8) is 0 Å². The van der Waals surface area contributed by atoms with Crippen LogP contribution in [0.4, 0.5) is 10.8 Å². The lowest BCUT2D eigenvalue weighted by molar-refractivity contribution is 0.938. The Morgan fingerprint density at radius 3 is 2.87 bits per heavy atom. The maximum atomic E-state index is 5.58. The molecule has 2 aromatic heterocycles. The van der Waals surface area contributed by atoms with Gasteiger partial charge in [-0.15, -0.1) is 11.3 Å². The highest BCUT2D eigenvalue weighted by atomic mass is 32.1. The summed E-state index contributed by atoms with van der Waals surface area (Å²) in [5.74, 6) is 0.586. The zero-order valence-corrected chi connectivity index (χ0v) is 10.2. The van der Waals surface area contributed by atoms with Crippen LogP contribution in [0.2, 0.25) is 0 Å². The van der Waals surface area contributed by atoms with Crippen LogP contribution in [0.5, 0.6) is 0 Å². The van der Waals surface area contributed by atoms with Crippen molar-refractivity contribution >= 4 is 33.7 Å². The summed E-state index contributed by atoms with van der Waals surface area (Å²) in [5.41, 5.74) is 8.56. The lowest BCUT2D eigenvalue weighted by Crippen LogP contribution is -2.14. The van der Waals surface area contributed by atoms with E-state index in [2.05, 4.69) is 14.3 Å². The highest BCUT2D eigenvalue weighted by Gasteiger charge is 2.08. The SMILES string of the molecule is Cc1ncsc1CN(C)c1cc(N)ns1. The third-order valence-electron chi connectivity index (χ3n) is 2.12. The molecule has 0 saturated carbocycles. The Hall–Kier alpha value is -1.14. The summed E-state index contributed by atoms with van der Waals surface area (Å²) in [6.45, 7) is 2.89. The Morgan fingerprint density at radius 1 is 1.53 bits per heavy atom. The van der Waals surface area contributed by atoms with Crippen molar-refractivity contribution in [3.8, 4) is 0 Å². The average molecular weight is 240 g/mol. The zero-order chi connectivity index (χ0) is 10.8. The fraction of sp³-hybridized carbons (Fsp3) is 0.333. The molecule has 4 nitrogen and oxygen atoms in total. The van der Waals surface area contributed by atoms with Crippen molar-refractivity contribution in [1.29, 1.82) is 0 Å². The second-order valence-electron chi connectivity index (χ2n) is 3.31. The number of rotatable bonds is 3. The van der Waals surface area contributed by atoms with E-state index in [1.807, 2.05) is 25.5 Å². The van der Waals surface area contributed by atoms with Crippen LogP contribution in [0.25, 0.3) is 0 Å². The standard InChI is InChI=1S/C9H12N4S2/c1-6-7(14-5-11-6)4-13(2)9-3-8(10)12-15-9/h3,5H,4H2,1-2H3,(H2,10,12). The minimum Gasteiger partial charge on any atom is -0.383 e. The summed E-state index contributed by atoms with van der Waals surface area (Å²) in [6, 6.07) is 1.89. The van der Waals surface area contributed by atoms with Gasteiger partial charge in [0.1, 0.15) is 10.8 Å². The summed E-state index contributed by atoms with van der Waals surface area (Å²) < 4.78 is 4.05. The monoisotopic (exact) mass is 240 g/mol. The number of hydrogen-bond acceptors (Lipinski definition) is 6. The maximum absolute atomic E-state index is 5.58. The number of aromatic nitrogens is 2. The highest BCUT2D eigenvalue weighted by Crippen LogP contribution is 2.24. The van der Waals surface area contributed by atoms with Crippen molar-refractivity contribution in [3.05, 3.63) is 22.1 Å². The summed E-state index contributed by atoms with van der Waals surface area (Å²) in [7, 11) is 2.03. The number of anilines is 2. The Balaban J connectivity index is 2.10. The zero-order valence-electron chi connectivity index (χ0n) is 8.60. The number of nitrogens with zero attached hydrogens (tertiary/aromatic N) is 3. The summed E-state index contributed by atoms with van der Waals surface area (Å²) in [6.07, 6.45) is 0. The molecule has 2 N–H and O–H groups in total. The normalized spacial score (nSPS) is 10.5. The predicted molar refractivity (Wildman–Crippen MR) is 65.5 cm³/mol. The molecule has 2 aromatic rings. The molecule has 0 aromatic carbocycles. The Kier molecular flexibility index (Phi) is 2.88. The van der Waals surface area contributed by atoms with Gasteiger partial charge >= 0.3 is 0 Å². The largest absolute Gasteiger partial charge is 0.383 e. The maximum Gasteiger partial charge on any atom is 0.139 e. The van der Waals surface area contributed by atoms with Gasteiger partial charge in [-0.25, -0.2) is 4.98 Å². The van der Waals surface area contributed by atoms with Crippen molar-refractivity contribution in [1.82, 2.24) is 9.36 Å². The molecule has 0 aliphatic rings.